The first kappa shape index (κ1) is 12.8. The van der Waals surface area contributed by atoms with Gasteiger partial charge in [0.15, 0.2) is 0 Å². The average molecular weight is 440 g/mol. The van der Waals surface area contributed by atoms with Crippen molar-refractivity contribution in [1.29, 1.82) is 0 Å². The quantitative estimate of drug-likeness (QED) is 0.401. The summed E-state index contributed by atoms with van der Waals surface area (Å²) in [6, 6.07) is 10.4. The molecule has 0 saturated heterocycles. The van der Waals surface area contributed by atoms with Crippen molar-refractivity contribution in [3.05, 3.63) is 42.0 Å². The minimum absolute atomic E-state index is 0.0153. The van der Waals surface area contributed by atoms with Crippen molar-refractivity contribution in [2.75, 3.05) is 0 Å². The van der Waals surface area contributed by atoms with Crippen LogP contribution in [0.3, 0.4) is 0 Å². The van der Waals surface area contributed by atoms with Gasteiger partial charge in [0.1, 0.15) is 1.43 Å². The molecule has 0 radical (unpaired) electrons. The van der Waals surface area contributed by atoms with Crippen LogP contribution in [-0.2, 0) is 0 Å². The molecule has 4 N–H and O–H groups in total. The highest BCUT2D eigenvalue weighted by Crippen LogP contribution is 2.49. The number of benzene rings is 1. The molecule has 0 fully saturated rings. The van der Waals surface area contributed by atoms with Gasteiger partial charge in [-0.3, -0.25) is 0 Å². The Hall–Kier alpha value is 0.340. The van der Waals surface area contributed by atoms with Crippen molar-refractivity contribution in [2.45, 2.75) is 19.9 Å². The molecule has 1 aliphatic rings. The van der Waals surface area contributed by atoms with Gasteiger partial charge in [0.25, 0.3) is 0 Å². The van der Waals surface area contributed by atoms with Crippen LogP contribution < -0.4 is 11.5 Å². The Bertz CT molecular complexity index is 410. The monoisotopic (exact) mass is 440 g/mol. The lowest BCUT2D eigenvalue weighted by molar-refractivity contribution is 0.412. The van der Waals surface area contributed by atoms with E-state index in [1.54, 1.807) is 0 Å². The van der Waals surface area contributed by atoms with Crippen molar-refractivity contribution in [2.24, 2.45) is 11.5 Å². The van der Waals surface area contributed by atoms with Gasteiger partial charge in [-0.25, -0.2) is 0 Å². The van der Waals surface area contributed by atoms with Crippen LogP contribution in [0.2, 0.25) is 0 Å². The molecular weight excluding hydrogens is 426 g/mol. The van der Waals surface area contributed by atoms with E-state index < -0.39 is 5.66 Å². The summed E-state index contributed by atoms with van der Waals surface area (Å²) in [5.74, 6) is 0. The van der Waals surface area contributed by atoms with Gasteiger partial charge in [-0.05, 0) is 17.6 Å². The van der Waals surface area contributed by atoms with E-state index >= 15 is 0 Å². The molecule has 0 aliphatic heterocycles. The summed E-state index contributed by atoms with van der Waals surface area (Å²) in [5.41, 5.74) is 14.1. The van der Waals surface area contributed by atoms with E-state index in [0.717, 1.165) is 12.8 Å². The first-order chi connectivity index (χ1) is 7.41. The topological polar surface area (TPSA) is 52.0 Å². The number of hydrogen-bond donors (Lipinski definition) is 2. The first-order valence-electron chi connectivity index (χ1n) is 5.12. The highest BCUT2D eigenvalue weighted by molar-refractivity contribution is 14.2. The van der Waals surface area contributed by atoms with Crippen LogP contribution in [0.25, 0.3) is 5.57 Å². The minimum Gasteiger partial charge on any atom is -0.313 e. The highest BCUT2D eigenvalue weighted by Gasteiger charge is 2.39. The fourth-order valence-corrected chi connectivity index (χ4v) is 4.45. The predicted octanol–water partition coefficient (Wildman–Crippen LogP) is 3.04. The third-order valence-electron chi connectivity index (χ3n) is 2.72. The Labute approximate surface area is 123 Å². The molecule has 0 aromatic heterocycles. The summed E-state index contributed by atoms with van der Waals surface area (Å²) >= 11 is 4.88. The SMILES string of the molecule is NC1(N)CC=C(c2ccccc2)C(I)(I)C1. The third kappa shape index (κ3) is 2.77. The lowest BCUT2D eigenvalue weighted by Crippen LogP contribution is -2.54. The molecule has 0 heterocycles. The fraction of sp³-hybridized carbons (Fsp3) is 0.333. The van der Waals surface area contributed by atoms with E-state index in [9.17, 15) is 0 Å². The van der Waals surface area contributed by atoms with Gasteiger partial charge in [0.2, 0.25) is 0 Å². The number of hydrogen-bond acceptors (Lipinski definition) is 2. The number of rotatable bonds is 1. The molecule has 1 aromatic carbocycles. The molecule has 0 amide bonds. The lowest BCUT2D eigenvalue weighted by Gasteiger charge is -2.38. The van der Waals surface area contributed by atoms with Crippen LogP contribution in [0.5, 0.6) is 0 Å². The Morgan fingerprint density at radius 1 is 1.06 bits per heavy atom. The fourth-order valence-electron chi connectivity index (χ4n) is 1.97. The molecule has 0 unspecified atom stereocenters. The zero-order valence-corrected chi connectivity index (χ0v) is 13.1. The van der Waals surface area contributed by atoms with Gasteiger partial charge >= 0.3 is 0 Å². The normalized spacial score (nSPS) is 22.6. The molecule has 1 aromatic rings. The third-order valence-corrected chi connectivity index (χ3v) is 4.64. The zero-order chi connectivity index (χ0) is 11.8. The van der Waals surface area contributed by atoms with Crippen molar-refractivity contribution >= 4 is 50.8 Å². The molecule has 0 saturated carbocycles. The van der Waals surface area contributed by atoms with Crippen LogP contribution in [0.1, 0.15) is 18.4 Å². The standard InChI is InChI=1S/C12H14I2N2/c13-12(14)8-11(15,16)7-6-10(12)9-4-2-1-3-5-9/h1-6H,7-8,15-16H2. The van der Waals surface area contributed by atoms with Gasteiger partial charge in [0, 0.05) is 6.42 Å². The second-order valence-electron chi connectivity index (χ2n) is 4.30. The highest BCUT2D eigenvalue weighted by atomic mass is 127. The summed E-state index contributed by atoms with van der Waals surface area (Å²) in [6.07, 6.45) is 3.71. The maximum Gasteiger partial charge on any atom is 0.101 e. The molecule has 0 spiro atoms. The van der Waals surface area contributed by atoms with Gasteiger partial charge in [-0.1, -0.05) is 81.6 Å². The summed E-state index contributed by atoms with van der Waals surface area (Å²) in [7, 11) is 0. The van der Waals surface area contributed by atoms with Crippen LogP contribution >= 0.6 is 45.2 Å². The van der Waals surface area contributed by atoms with Gasteiger partial charge in [0.05, 0.1) is 5.66 Å². The molecule has 2 rings (SSSR count). The van der Waals surface area contributed by atoms with Crippen LogP contribution in [0.4, 0.5) is 0 Å². The zero-order valence-electron chi connectivity index (χ0n) is 8.79. The van der Waals surface area contributed by atoms with Crippen molar-refractivity contribution in [3.8, 4) is 0 Å². The number of alkyl halides is 2. The summed E-state index contributed by atoms with van der Waals surface area (Å²) in [6.45, 7) is 0. The number of nitrogens with two attached hydrogens (primary N) is 2. The Balaban J connectivity index is 2.39. The molecule has 16 heavy (non-hydrogen) atoms. The van der Waals surface area contributed by atoms with E-state index in [-0.39, 0.29) is 1.43 Å². The minimum atomic E-state index is -0.569. The Kier molecular flexibility index (Phi) is 3.63. The first-order valence-corrected chi connectivity index (χ1v) is 7.28. The van der Waals surface area contributed by atoms with Crippen LogP contribution in [0.15, 0.2) is 36.4 Å². The number of halogens is 2. The van der Waals surface area contributed by atoms with Crippen LogP contribution in [0, 0.1) is 0 Å². The van der Waals surface area contributed by atoms with Crippen molar-refractivity contribution in [1.82, 2.24) is 0 Å². The second-order valence-corrected chi connectivity index (χ2v) is 10.0. The Morgan fingerprint density at radius 3 is 2.25 bits per heavy atom. The molecule has 0 bridgehead atoms. The van der Waals surface area contributed by atoms with E-state index in [1.165, 1.54) is 11.1 Å². The predicted molar refractivity (Wildman–Crippen MR) is 85.5 cm³/mol. The second kappa shape index (κ2) is 4.55. The van der Waals surface area contributed by atoms with E-state index in [0.29, 0.717) is 0 Å². The molecular formula is C12H14I2N2. The molecule has 0 atom stereocenters. The van der Waals surface area contributed by atoms with E-state index in [4.69, 9.17) is 11.5 Å². The maximum absolute atomic E-state index is 6.02. The molecule has 2 nitrogen and oxygen atoms in total. The molecule has 86 valence electrons. The van der Waals surface area contributed by atoms with Crippen molar-refractivity contribution < 1.29 is 0 Å². The molecule has 4 heteroatoms. The Morgan fingerprint density at radius 2 is 1.69 bits per heavy atom. The van der Waals surface area contributed by atoms with Crippen molar-refractivity contribution in [3.63, 3.8) is 0 Å². The largest absolute Gasteiger partial charge is 0.313 e. The average Bonchev–Trinajstić information content (AvgIpc) is 2.16. The smallest absolute Gasteiger partial charge is 0.101 e. The number of allylic oxidation sites excluding steroid dienone is 1. The molecule has 1 aliphatic carbocycles. The van der Waals surface area contributed by atoms with Gasteiger partial charge in [-0.15, -0.1) is 0 Å². The summed E-state index contributed by atoms with van der Waals surface area (Å²) in [4.78, 5) is 0. The summed E-state index contributed by atoms with van der Waals surface area (Å²) in [5, 5.41) is 0. The lowest BCUT2D eigenvalue weighted by atomic mass is 9.87. The van der Waals surface area contributed by atoms with Gasteiger partial charge < -0.3 is 11.5 Å². The van der Waals surface area contributed by atoms with Crippen LogP contribution in [-0.4, -0.2) is 7.09 Å². The van der Waals surface area contributed by atoms with E-state index in [1.807, 2.05) is 6.07 Å². The maximum atomic E-state index is 6.02. The summed E-state index contributed by atoms with van der Waals surface area (Å²) < 4.78 is -0.0153. The van der Waals surface area contributed by atoms with Gasteiger partial charge in [-0.2, -0.15) is 0 Å². The van der Waals surface area contributed by atoms with E-state index in [2.05, 4.69) is 75.5 Å².